The average molecular weight is 447 g/mol. The summed E-state index contributed by atoms with van der Waals surface area (Å²) in [4.78, 5) is 30.2. The van der Waals surface area contributed by atoms with Crippen LogP contribution in [0.15, 0.2) is 35.7 Å². The molecule has 0 unspecified atom stereocenters. The molecular weight excluding hydrogens is 416 g/mol. The first-order valence-corrected chi connectivity index (χ1v) is 11.2. The molecule has 1 aromatic heterocycles. The zero-order chi connectivity index (χ0) is 22.2. The standard InChI is InChI=1S/C23H30N2O5S/c1-28-16-23(27)25(18-7-8-18)15-22(26)24(14-19-5-4-12-31-19)11-10-17-6-9-20(29-2)21(13-17)30-3/h4-6,9,12-13,18H,7-8,10-11,14-16H2,1-3H3. The van der Waals surface area contributed by atoms with Gasteiger partial charge in [0.15, 0.2) is 11.5 Å². The molecule has 1 aromatic carbocycles. The lowest BCUT2D eigenvalue weighted by molar-refractivity contribution is -0.143. The number of carbonyl (C=O) groups is 2. The van der Waals surface area contributed by atoms with Gasteiger partial charge in [0.05, 0.1) is 20.8 Å². The Kier molecular flexibility index (Phi) is 8.31. The van der Waals surface area contributed by atoms with Crippen LogP contribution in [0, 0.1) is 0 Å². The number of nitrogens with zero attached hydrogens (tertiary/aromatic N) is 2. The van der Waals surface area contributed by atoms with Gasteiger partial charge in [-0.15, -0.1) is 11.3 Å². The monoisotopic (exact) mass is 446 g/mol. The lowest BCUT2D eigenvalue weighted by Gasteiger charge is -2.27. The van der Waals surface area contributed by atoms with Gasteiger partial charge in [0, 0.05) is 24.6 Å². The van der Waals surface area contributed by atoms with E-state index in [0.717, 1.165) is 23.3 Å². The summed E-state index contributed by atoms with van der Waals surface area (Å²) in [5.74, 6) is 1.16. The molecule has 0 radical (unpaired) electrons. The summed E-state index contributed by atoms with van der Waals surface area (Å²) in [7, 11) is 4.71. The minimum atomic E-state index is -0.130. The van der Waals surface area contributed by atoms with E-state index in [2.05, 4.69) is 0 Å². The van der Waals surface area contributed by atoms with E-state index in [-0.39, 0.29) is 31.0 Å². The highest BCUT2D eigenvalue weighted by Gasteiger charge is 2.34. The molecule has 0 N–H and O–H groups in total. The Morgan fingerprint density at radius 2 is 1.84 bits per heavy atom. The molecule has 1 saturated carbocycles. The highest BCUT2D eigenvalue weighted by atomic mass is 32.1. The maximum Gasteiger partial charge on any atom is 0.249 e. The summed E-state index contributed by atoms with van der Waals surface area (Å²) >= 11 is 1.62. The van der Waals surface area contributed by atoms with Crippen LogP contribution in [-0.4, -0.2) is 68.7 Å². The van der Waals surface area contributed by atoms with Crippen LogP contribution in [0.5, 0.6) is 11.5 Å². The van der Waals surface area contributed by atoms with Gasteiger partial charge in [0.2, 0.25) is 11.8 Å². The molecule has 0 atom stereocenters. The SMILES string of the molecule is COCC(=O)N(CC(=O)N(CCc1ccc(OC)c(OC)c1)Cc1cccs1)C1CC1. The number of benzene rings is 1. The third-order valence-corrected chi connectivity index (χ3v) is 6.14. The fourth-order valence-corrected chi connectivity index (χ4v) is 4.16. The van der Waals surface area contributed by atoms with Gasteiger partial charge in [-0.1, -0.05) is 12.1 Å². The first-order valence-electron chi connectivity index (χ1n) is 10.3. The van der Waals surface area contributed by atoms with Crippen LogP contribution in [0.25, 0.3) is 0 Å². The maximum absolute atomic E-state index is 13.2. The molecular formula is C23H30N2O5S. The van der Waals surface area contributed by atoms with Crippen molar-refractivity contribution >= 4 is 23.2 Å². The van der Waals surface area contributed by atoms with Crippen LogP contribution in [0.3, 0.4) is 0 Å². The van der Waals surface area contributed by atoms with E-state index in [1.165, 1.54) is 7.11 Å². The number of ether oxygens (including phenoxy) is 3. The number of methoxy groups -OCH3 is 3. The predicted molar refractivity (Wildman–Crippen MR) is 120 cm³/mol. The third kappa shape index (κ3) is 6.45. The van der Waals surface area contributed by atoms with Gasteiger partial charge in [-0.25, -0.2) is 0 Å². The zero-order valence-electron chi connectivity index (χ0n) is 18.3. The minimum Gasteiger partial charge on any atom is -0.493 e. The van der Waals surface area contributed by atoms with E-state index in [9.17, 15) is 9.59 Å². The van der Waals surface area contributed by atoms with E-state index in [1.54, 1.807) is 30.5 Å². The number of amides is 2. The molecule has 8 heteroatoms. The van der Waals surface area contributed by atoms with Crippen molar-refractivity contribution in [3.63, 3.8) is 0 Å². The van der Waals surface area contributed by atoms with Crippen molar-refractivity contribution < 1.29 is 23.8 Å². The van der Waals surface area contributed by atoms with Crippen LogP contribution < -0.4 is 9.47 Å². The van der Waals surface area contributed by atoms with E-state index in [4.69, 9.17) is 14.2 Å². The summed E-state index contributed by atoms with van der Waals surface area (Å²) < 4.78 is 15.7. The van der Waals surface area contributed by atoms with Crippen molar-refractivity contribution in [2.45, 2.75) is 31.8 Å². The van der Waals surface area contributed by atoms with Crippen molar-refractivity contribution in [3.8, 4) is 11.5 Å². The number of hydrogen-bond acceptors (Lipinski definition) is 6. The fraction of sp³-hybridized carbons (Fsp3) is 0.478. The Labute approximate surface area is 187 Å². The highest BCUT2D eigenvalue weighted by molar-refractivity contribution is 7.09. The Hall–Kier alpha value is -2.58. The van der Waals surface area contributed by atoms with Gasteiger partial charge >= 0.3 is 0 Å². The summed E-state index contributed by atoms with van der Waals surface area (Å²) in [5, 5.41) is 2.00. The molecule has 2 aromatic rings. The molecule has 0 bridgehead atoms. The van der Waals surface area contributed by atoms with Gasteiger partial charge in [0.1, 0.15) is 13.2 Å². The fourth-order valence-electron chi connectivity index (χ4n) is 3.44. The van der Waals surface area contributed by atoms with Gasteiger partial charge in [-0.05, 0) is 48.4 Å². The van der Waals surface area contributed by atoms with Crippen LogP contribution in [0.4, 0.5) is 0 Å². The molecule has 0 spiro atoms. The van der Waals surface area contributed by atoms with Gasteiger partial charge in [-0.3, -0.25) is 9.59 Å². The molecule has 1 aliphatic carbocycles. The maximum atomic E-state index is 13.2. The quantitative estimate of drug-likeness (QED) is 0.501. The largest absolute Gasteiger partial charge is 0.493 e. The summed E-state index contributed by atoms with van der Waals surface area (Å²) in [5.41, 5.74) is 1.05. The number of hydrogen-bond donors (Lipinski definition) is 0. The summed E-state index contributed by atoms with van der Waals surface area (Å²) in [6.07, 6.45) is 2.56. The first kappa shape index (κ1) is 23.1. The van der Waals surface area contributed by atoms with Crippen molar-refractivity contribution in [2.24, 2.45) is 0 Å². The van der Waals surface area contributed by atoms with E-state index >= 15 is 0 Å². The molecule has 0 saturated heterocycles. The Bertz CT molecular complexity index is 867. The van der Waals surface area contributed by atoms with Crippen LogP contribution in [0.2, 0.25) is 0 Å². The zero-order valence-corrected chi connectivity index (χ0v) is 19.2. The van der Waals surface area contributed by atoms with Crippen LogP contribution in [0.1, 0.15) is 23.3 Å². The second-order valence-electron chi connectivity index (χ2n) is 7.52. The Balaban J connectivity index is 1.70. The van der Waals surface area contributed by atoms with Crippen LogP contribution >= 0.6 is 11.3 Å². The molecule has 168 valence electrons. The molecule has 7 nitrogen and oxygen atoms in total. The average Bonchev–Trinajstić information content (AvgIpc) is 3.49. The summed E-state index contributed by atoms with van der Waals surface area (Å²) in [6.45, 7) is 1.16. The second kappa shape index (κ2) is 11.2. The topological polar surface area (TPSA) is 68.3 Å². The second-order valence-corrected chi connectivity index (χ2v) is 8.55. The van der Waals surface area contributed by atoms with E-state index in [1.807, 2.05) is 40.6 Å². The lowest BCUT2D eigenvalue weighted by Crippen LogP contribution is -2.45. The molecule has 1 heterocycles. The number of thiophene rings is 1. The van der Waals surface area contributed by atoms with E-state index in [0.29, 0.717) is 31.0 Å². The smallest absolute Gasteiger partial charge is 0.249 e. The molecule has 1 fully saturated rings. The van der Waals surface area contributed by atoms with Crippen molar-refractivity contribution in [1.29, 1.82) is 0 Å². The number of rotatable bonds is 12. The van der Waals surface area contributed by atoms with Crippen molar-refractivity contribution in [2.75, 3.05) is 41.0 Å². The normalized spacial score (nSPS) is 13.0. The molecule has 31 heavy (non-hydrogen) atoms. The highest BCUT2D eigenvalue weighted by Crippen LogP contribution is 2.29. The molecule has 0 aliphatic heterocycles. The lowest BCUT2D eigenvalue weighted by atomic mass is 10.1. The van der Waals surface area contributed by atoms with Gasteiger partial charge < -0.3 is 24.0 Å². The molecule has 2 amide bonds. The first-order chi connectivity index (χ1) is 15.0. The minimum absolute atomic E-state index is 0.000345. The summed E-state index contributed by atoms with van der Waals surface area (Å²) in [6, 6.07) is 9.95. The Morgan fingerprint density at radius 3 is 2.45 bits per heavy atom. The van der Waals surface area contributed by atoms with Gasteiger partial charge in [-0.2, -0.15) is 0 Å². The Morgan fingerprint density at radius 1 is 1.06 bits per heavy atom. The van der Waals surface area contributed by atoms with Crippen molar-refractivity contribution in [3.05, 3.63) is 46.2 Å². The predicted octanol–water partition coefficient (Wildman–Crippen LogP) is 2.97. The third-order valence-electron chi connectivity index (χ3n) is 5.28. The van der Waals surface area contributed by atoms with Crippen LogP contribution in [-0.2, 0) is 27.3 Å². The molecule has 3 rings (SSSR count). The molecule has 1 aliphatic rings. The van der Waals surface area contributed by atoms with Crippen molar-refractivity contribution in [1.82, 2.24) is 9.80 Å². The number of carbonyl (C=O) groups excluding carboxylic acids is 2. The van der Waals surface area contributed by atoms with Gasteiger partial charge in [0.25, 0.3) is 0 Å². The van der Waals surface area contributed by atoms with E-state index < -0.39 is 0 Å².